The Morgan fingerprint density at radius 1 is 1.16 bits per heavy atom. The van der Waals surface area contributed by atoms with Crippen molar-refractivity contribution in [3.63, 3.8) is 0 Å². The summed E-state index contributed by atoms with van der Waals surface area (Å²) in [5.41, 5.74) is 5.41. The summed E-state index contributed by atoms with van der Waals surface area (Å²) < 4.78 is 12.5. The molecule has 12 heteroatoms. The number of nitrogens with one attached hydrogen (secondary N) is 1. The molecular formula is C31H29N7O4S. The van der Waals surface area contributed by atoms with E-state index >= 15 is 0 Å². The first kappa shape index (κ1) is 29.5. The van der Waals surface area contributed by atoms with E-state index in [0.717, 1.165) is 27.9 Å². The zero-order valence-electron chi connectivity index (χ0n) is 24.1. The van der Waals surface area contributed by atoms with Gasteiger partial charge >= 0.3 is 6.03 Å². The Bertz CT molecular complexity index is 1740. The lowest BCUT2D eigenvalue weighted by Crippen LogP contribution is -2.31. The molecular weight excluding hydrogens is 566 g/mol. The van der Waals surface area contributed by atoms with Crippen LogP contribution in [0.5, 0.6) is 5.75 Å². The molecule has 0 saturated carbocycles. The molecule has 1 aromatic heterocycles. The van der Waals surface area contributed by atoms with Crippen LogP contribution in [0.4, 0.5) is 16.2 Å². The number of thioether (sulfide) groups is 1. The minimum Gasteiger partial charge on any atom is -0.479 e. The Kier molecular flexibility index (Phi) is 8.85. The Balaban J connectivity index is 1.31. The molecule has 1 fully saturated rings. The summed E-state index contributed by atoms with van der Waals surface area (Å²) >= 11 is 1.22. The second-order valence-electron chi connectivity index (χ2n) is 9.77. The molecule has 0 aliphatic carbocycles. The Labute approximate surface area is 253 Å². The van der Waals surface area contributed by atoms with Crippen LogP contribution in [0.15, 0.2) is 72.0 Å². The molecule has 1 saturated heterocycles. The summed E-state index contributed by atoms with van der Waals surface area (Å²) in [5, 5.41) is 16.4. The highest BCUT2D eigenvalue weighted by Crippen LogP contribution is 2.35. The van der Waals surface area contributed by atoms with Gasteiger partial charge < -0.3 is 14.8 Å². The van der Waals surface area contributed by atoms with Crippen LogP contribution in [-0.4, -0.2) is 51.3 Å². The van der Waals surface area contributed by atoms with Crippen molar-refractivity contribution in [3.8, 4) is 28.9 Å². The molecule has 1 atom stereocenters. The van der Waals surface area contributed by atoms with E-state index < -0.39 is 6.03 Å². The zero-order chi connectivity index (χ0) is 30.5. The molecule has 0 spiro atoms. The van der Waals surface area contributed by atoms with Gasteiger partial charge in [-0.3, -0.25) is 9.69 Å². The third-order valence-electron chi connectivity index (χ3n) is 6.80. The number of carbonyl (C=O) groups excluding carboxylic acids is 2. The molecule has 2 heterocycles. The fraction of sp³-hybridized carbons (Fsp3) is 0.226. The quantitative estimate of drug-likeness (QED) is 0.269. The summed E-state index contributed by atoms with van der Waals surface area (Å²) in [6, 6.07) is 19.8. The molecule has 1 N–H and O–H groups in total. The number of amidine groups is 1. The van der Waals surface area contributed by atoms with Crippen molar-refractivity contribution in [1.29, 1.82) is 5.26 Å². The van der Waals surface area contributed by atoms with Gasteiger partial charge in [0.05, 0.1) is 23.2 Å². The molecule has 3 aromatic carbocycles. The fourth-order valence-corrected chi connectivity index (χ4v) is 5.36. The van der Waals surface area contributed by atoms with E-state index in [4.69, 9.17) is 14.7 Å². The summed E-state index contributed by atoms with van der Waals surface area (Å²) in [4.78, 5) is 36.1. The van der Waals surface area contributed by atoms with Crippen LogP contribution in [-0.2, 0) is 9.53 Å². The molecule has 0 bridgehead atoms. The maximum atomic E-state index is 13.0. The number of hydrogen-bond donors (Lipinski definition) is 1. The molecule has 3 amide bonds. The Morgan fingerprint density at radius 3 is 2.67 bits per heavy atom. The first-order chi connectivity index (χ1) is 20.8. The lowest BCUT2D eigenvalue weighted by molar-refractivity contribution is -0.115. The zero-order valence-corrected chi connectivity index (χ0v) is 24.9. The van der Waals surface area contributed by atoms with Crippen molar-refractivity contribution in [2.45, 2.75) is 26.9 Å². The maximum Gasteiger partial charge on any atom is 0.347 e. The highest BCUT2D eigenvalue weighted by Gasteiger charge is 2.33. The average Bonchev–Trinajstić information content (AvgIpc) is 3.64. The molecule has 0 radical (unpaired) electrons. The van der Waals surface area contributed by atoms with Crippen LogP contribution in [0.1, 0.15) is 29.7 Å². The smallest absolute Gasteiger partial charge is 0.347 e. The number of aryl methyl sites for hydroxylation is 2. The largest absolute Gasteiger partial charge is 0.479 e. The first-order valence-electron chi connectivity index (χ1n) is 13.4. The monoisotopic (exact) mass is 595 g/mol. The number of aromatic nitrogens is 3. The number of anilines is 2. The number of urea groups is 1. The number of amides is 3. The van der Waals surface area contributed by atoms with Gasteiger partial charge in [-0.15, -0.1) is 5.10 Å². The van der Waals surface area contributed by atoms with Crippen molar-refractivity contribution in [2.75, 3.05) is 29.7 Å². The van der Waals surface area contributed by atoms with Gasteiger partial charge in [-0.1, -0.05) is 23.9 Å². The van der Waals surface area contributed by atoms with Gasteiger partial charge in [0.25, 0.3) is 0 Å². The number of rotatable bonds is 8. The minimum absolute atomic E-state index is 0.0182. The topological polar surface area (TPSA) is 135 Å². The summed E-state index contributed by atoms with van der Waals surface area (Å²) in [7, 11) is 1.61. The number of carbonyl (C=O) groups is 2. The molecule has 218 valence electrons. The minimum atomic E-state index is -0.586. The van der Waals surface area contributed by atoms with Gasteiger partial charge in [0.1, 0.15) is 18.1 Å². The SMILES string of the molecule is COC(C)c1ccc(C)cc1N1C(=O)CSC1=NC(=O)Nc1ccc(-c2ncn(-c3ccc(OCC#N)cc3)n2)cc1C. The third-order valence-corrected chi connectivity index (χ3v) is 7.73. The van der Waals surface area contributed by atoms with E-state index in [0.29, 0.717) is 28.1 Å². The van der Waals surface area contributed by atoms with Crippen LogP contribution >= 0.6 is 11.8 Å². The summed E-state index contributed by atoms with van der Waals surface area (Å²) in [6.45, 7) is 5.70. The van der Waals surface area contributed by atoms with Crippen molar-refractivity contribution >= 4 is 40.2 Å². The van der Waals surface area contributed by atoms with Crippen LogP contribution in [0, 0.1) is 25.2 Å². The van der Waals surface area contributed by atoms with Crippen molar-refractivity contribution in [3.05, 3.63) is 83.7 Å². The highest BCUT2D eigenvalue weighted by molar-refractivity contribution is 8.15. The van der Waals surface area contributed by atoms with Crippen molar-refractivity contribution in [2.24, 2.45) is 4.99 Å². The molecule has 1 aliphatic heterocycles. The predicted octanol–water partition coefficient (Wildman–Crippen LogP) is 5.83. The van der Waals surface area contributed by atoms with Gasteiger partial charge in [0.2, 0.25) is 5.91 Å². The predicted molar refractivity (Wildman–Crippen MR) is 166 cm³/mol. The lowest BCUT2D eigenvalue weighted by Gasteiger charge is -2.23. The van der Waals surface area contributed by atoms with Gasteiger partial charge in [-0.25, -0.2) is 14.5 Å². The summed E-state index contributed by atoms with van der Waals surface area (Å²) in [5.74, 6) is 1.15. The van der Waals surface area contributed by atoms with Gasteiger partial charge in [0, 0.05) is 23.9 Å². The van der Waals surface area contributed by atoms with E-state index in [1.54, 1.807) is 36.3 Å². The first-order valence-corrected chi connectivity index (χ1v) is 14.4. The third kappa shape index (κ3) is 6.58. The van der Waals surface area contributed by atoms with E-state index in [1.165, 1.54) is 16.7 Å². The number of nitrogens with zero attached hydrogens (tertiary/aromatic N) is 6. The average molecular weight is 596 g/mol. The lowest BCUT2D eigenvalue weighted by atomic mass is 10.0. The van der Waals surface area contributed by atoms with Gasteiger partial charge in [-0.05, 0) is 80.4 Å². The number of ether oxygens (including phenoxy) is 2. The molecule has 43 heavy (non-hydrogen) atoms. The summed E-state index contributed by atoms with van der Waals surface area (Å²) in [6.07, 6.45) is 1.36. The number of aliphatic imine (C=N–C) groups is 1. The van der Waals surface area contributed by atoms with E-state index in [-0.39, 0.29) is 24.4 Å². The maximum absolute atomic E-state index is 13.0. The highest BCUT2D eigenvalue weighted by atomic mass is 32.2. The van der Waals surface area contributed by atoms with E-state index in [2.05, 4.69) is 20.4 Å². The Morgan fingerprint density at radius 2 is 1.95 bits per heavy atom. The Hall–Kier alpha value is -4.99. The second-order valence-corrected chi connectivity index (χ2v) is 10.7. The van der Waals surface area contributed by atoms with Crippen molar-refractivity contribution in [1.82, 2.24) is 14.8 Å². The molecule has 1 aliphatic rings. The van der Waals surface area contributed by atoms with Gasteiger partial charge in [-0.2, -0.15) is 10.3 Å². The second kappa shape index (κ2) is 12.9. The molecule has 5 rings (SSSR count). The van der Waals surface area contributed by atoms with Gasteiger partial charge in [0.15, 0.2) is 17.6 Å². The fourth-order valence-electron chi connectivity index (χ4n) is 4.50. The standard InChI is InChI=1S/C31H29N7O4S/c1-19-5-11-25(21(3)41-4)27(15-19)38-28(39)17-43-31(38)35-30(40)34-26-12-6-22(16-20(26)2)29-33-18-37(36-29)23-7-9-24(10-8-23)42-14-13-32/h5-12,15-16,18,21H,14,17H2,1-4H3,(H,34,40). The van der Waals surface area contributed by atoms with Crippen LogP contribution in [0.2, 0.25) is 0 Å². The number of benzene rings is 3. The molecule has 4 aromatic rings. The normalized spacial score (nSPS) is 14.5. The van der Waals surface area contributed by atoms with Crippen LogP contribution in [0.25, 0.3) is 17.1 Å². The van der Waals surface area contributed by atoms with E-state index in [1.807, 2.05) is 69.3 Å². The number of hydrogen-bond acceptors (Lipinski definition) is 8. The number of methoxy groups -OCH3 is 1. The number of nitriles is 1. The van der Waals surface area contributed by atoms with Crippen molar-refractivity contribution < 1.29 is 19.1 Å². The molecule has 1 unspecified atom stereocenters. The van der Waals surface area contributed by atoms with Crippen LogP contribution < -0.4 is 15.0 Å². The van der Waals surface area contributed by atoms with E-state index in [9.17, 15) is 9.59 Å². The molecule has 11 nitrogen and oxygen atoms in total. The van der Waals surface area contributed by atoms with Crippen LogP contribution in [0.3, 0.4) is 0 Å².